The van der Waals surface area contributed by atoms with E-state index < -0.39 is 0 Å². The molecule has 1 aliphatic heterocycles. The van der Waals surface area contributed by atoms with Crippen molar-refractivity contribution in [1.82, 2.24) is 25.3 Å². The van der Waals surface area contributed by atoms with Crippen molar-refractivity contribution < 1.29 is 14.1 Å². The van der Waals surface area contributed by atoms with Crippen LogP contribution in [0, 0.1) is 6.92 Å². The van der Waals surface area contributed by atoms with E-state index in [1.165, 1.54) is 12.8 Å². The lowest BCUT2D eigenvalue weighted by molar-refractivity contribution is -0.123. The Morgan fingerprint density at radius 2 is 2.00 bits per heavy atom. The number of likely N-dealkylation sites (tertiary alicyclic amines) is 1. The number of fused-ring (bicyclic) bond motifs is 1. The molecule has 3 heterocycles. The number of amides is 1. The number of aromatic nitrogens is 3. The number of nitrogens with zero attached hydrogens (tertiary/aromatic N) is 4. The van der Waals surface area contributed by atoms with Gasteiger partial charge in [-0.25, -0.2) is 0 Å². The van der Waals surface area contributed by atoms with Gasteiger partial charge in [0.05, 0.1) is 0 Å². The molecule has 0 bridgehead atoms. The molecule has 8 heteroatoms. The minimum atomic E-state index is -0.179. The van der Waals surface area contributed by atoms with Gasteiger partial charge < -0.3 is 19.5 Å². The largest absolute Gasteiger partial charge is 0.467 e. The second-order valence-electron chi connectivity index (χ2n) is 6.84. The van der Waals surface area contributed by atoms with Crippen LogP contribution in [-0.4, -0.2) is 58.7 Å². The molecule has 0 atom stereocenters. The first kappa shape index (κ1) is 18.4. The number of benzene rings is 1. The Balaban J connectivity index is 1.45. The molecule has 1 N–H and O–H groups in total. The summed E-state index contributed by atoms with van der Waals surface area (Å²) in [5.74, 6) is 0.617. The van der Waals surface area contributed by atoms with Gasteiger partial charge in [-0.3, -0.25) is 4.79 Å². The van der Waals surface area contributed by atoms with Crippen molar-refractivity contribution in [3.05, 3.63) is 36.2 Å². The molecule has 1 aromatic carbocycles. The zero-order valence-corrected chi connectivity index (χ0v) is 15.9. The summed E-state index contributed by atoms with van der Waals surface area (Å²) < 4.78 is 11.1. The summed E-state index contributed by atoms with van der Waals surface area (Å²) in [7, 11) is 0. The Morgan fingerprint density at radius 3 is 2.79 bits per heavy atom. The lowest BCUT2D eigenvalue weighted by Crippen LogP contribution is -2.36. The van der Waals surface area contributed by atoms with E-state index >= 15 is 0 Å². The lowest BCUT2D eigenvalue weighted by atomic mass is 10.1. The first-order chi connectivity index (χ1) is 13.7. The fourth-order valence-corrected chi connectivity index (χ4v) is 3.37. The molecule has 0 unspecified atom stereocenters. The number of nitrogens with one attached hydrogen (secondary N) is 1. The average Bonchev–Trinajstić information content (AvgIpc) is 3.36. The van der Waals surface area contributed by atoms with Gasteiger partial charge in [0, 0.05) is 18.7 Å². The van der Waals surface area contributed by atoms with Gasteiger partial charge in [-0.15, -0.1) is 0 Å². The quantitative estimate of drug-likeness (QED) is 0.670. The topological polar surface area (TPSA) is 93.4 Å². The van der Waals surface area contributed by atoms with Gasteiger partial charge in [0.1, 0.15) is 16.9 Å². The summed E-state index contributed by atoms with van der Waals surface area (Å²) in [5.41, 5.74) is 1.81. The van der Waals surface area contributed by atoms with Crippen molar-refractivity contribution in [2.75, 3.05) is 32.8 Å². The van der Waals surface area contributed by atoms with Crippen molar-refractivity contribution in [2.45, 2.75) is 19.8 Å². The van der Waals surface area contributed by atoms with Gasteiger partial charge in [0.2, 0.25) is 5.88 Å². The summed E-state index contributed by atoms with van der Waals surface area (Å²) in [6, 6.07) is 9.60. The zero-order chi connectivity index (χ0) is 19.3. The first-order valence-corrected chi connectivity index (χ1v) is 9.52. The number of carbonyl (C=O) groups is 1. The average molecular weight is 381 g/mol. The number of rotatable bonds is 7. The highest BCUT2D eigenvalue weighted by molar-refractivity contribution is 5.93. The number of hydrogen-bond acceptors (Lipinski definition) is 7. The van der Waals surface area contributed by atoms with Gasteiger partial charge >= 0.3 is 0 Å². The third-order valence-corrected chi connectivity index (χ3v) is 4.75. The van der Waals surface area contributed by atoms with E-state index in [1.807, 2.05) is 30.3 Å². The Hall–Kier alpha value is -3.00. The van der Waals surface area contributed by atoms with Crippen LogP contribution in [0.2, 0.25) is 0 Å². The fraction of sp³-hybridized carbons (Fsp3) is 0.400. The highest BCUT2D eigenvalue weighted by Crippen LogP contribution is 2.32. The minimum absolute atomic E-state index is 0.120. The third-order valence-electron chi connectivity index (χ3n) is 4.75. The molecule has 8 nitrogen and oxygen atoms in total. The van der Waals surface area contributed by atoms with E-state index in [0.717, 1.165) is 25.2 Å². The standard InChI is InChI=1S/C20H23N5O3/c1-14-22-19(27-13-16(26)21-9-12-25-10-5-6-11-25)17-18(24-28-20(17)23-14)15-7-3-2-4-8-15/h2-4,7-8H,5-6,9-13H2,1H3,(H,21,26). The zero-order valence-electron chi connectivity index (χ0n) is 15.9. The van der Waals surface area contributed by atoms with Crippen molar-refractivity contribution in [3.63, 3.8) is 0 Å². The number of ether oxygens (including phenoxy) is 1. The van der Waals surface area contributed by atoms with E-state index in [-0.39, 0.29) is 12.5 Å². The molecule has 1 aliphatic rings. The monoisotopic (exact) mass is 381 g/mol. The van der Waals surface area contributed by atoms with E-state index in [9.17, 15) is 4.79 Å². The molecule has 3 aromatic rings. The van der Waals surface area contributed by atoms with Crippen molar-refractivity contribution in [3.8, 4) is 17.1 Å². The predicted molar refractivity (Wildman–Crippen MR) is 104 cm³/mol. The van der Waals surface area contributed by atoms with Crippen LogP contribution in [0.3, 0.4) is 0 Å². The van der Waals surface area contributed by atoms with E-state index in [0.29, 0.717) is 35.0 Å². The Bertz CT molecular complexity index is 951. The van der Waals surface area contributed by atoms with E-state index in [1.54, 1.807) is 6.92 Å². The van der Waals surface area contributed by atoms with Gasteiger partial charge in [-0.2, -0.15) is 9.97 Å². The molecular formula is C20H23N5O3. The molecule has 146 valence electrons. The Kier molecular flexibility index (Phi) is 5.48. The van der Waals surface area contributed by atoms with Crippen LogP contribution in [0.15, 0.2) is 34.9 Å². The molecule has 4 rings (SSSR count). The molecule has 0 radical (unpaired) electrons. The summed E-state index contributed by atoms with van der Waals surface area (Å²) >= 11 is 0. The van der Waals surface area contributed by atoms with Crippen LogP contribution in [0.25, 0.3) is 22.4 Å². The maximum Gasteiger partial charge on any atom is 0.265 e. The van der Waals surface area contributed by atoms with E-state index in [4.69, 9.17) is 9.26 Å². The smallest absolute Gasteiger partial charge is 0.265 e. The van der Waals surface area contributed by atoms with Gasteiger partial charge in [-0.05, 0) is 32.9 Å². The summed E-state index contributed by atoms with van der Waals surface area (Å²) in [6.45, 7) is 5.33. The van der Waals surface area contributed by atoms with Gasteiger partial charge in [0.25, 0.3) is 11.6 Å². The SMILES string of the molecule is Cc1nc(OCC(=O)NCCN2CCCC2)c2c(-c3ccccc3)noc2n1. The van der Waals surface area contributed by atoms with Crippen LogP contribution < -0.4 is 10.1 Å². The van der Waals surface area contributed by atoms with Crippen LogP contribution >= 0.6 is 0 Å². The van der Waals surface area contributed by atoms with Crippen LogP contribution in [-0.2, 0) is 4.79 Å². The fourth-order valence-electron chi connectivity index (χ4n) is 3.37. The van der Waals surface area contributed by atoms with Crippen molar-refractivity contribution >= 4 is 17.0 Å². The molecule has 0 aliphatic carbocycles. The predicted octanol–water partition coefficient (Wildman–Crippen LogP) is 2.18. The highest BCUT2D eigenvalue weighted by Gasteiger charge is 2.20. The van der Waals surface area contributed by atoms with Gasteiger partial charge in [-0.1, -0.05) is 35.5 Å². The Labute approximate surface area is 162 Å². The normalized spacial score (nSPS) is 14.5. The molecule has 1 saturated heterocycles. The molecule has 28 heavy (non-hydrogen) atoms. The second kappa shape index (κ2) is 8.35. The van der Waals surface area contributed by atoms with E-state index in [2.05, 4.69) is 25.3 Å². The highest BCUT2D eigenvalue weighted by atomic mass is 16.5. The number of carbonyl (C=O) groups excluding carboxylic acids is 1. The maximum absolute atomic E-state index is 12.2. The summed E-state index contributed by atoms with van der Waals surface area (Å²) in [4.78, 5) is 23.1. The van der Waals surface area contributed by atoms with Crippen molar-refractivity contribution in [1.29, 1.82) is 0 Å². The molecule has 0 saturated carbocycles. The Morgan fingerprint density at radius 1 is 1.21 bits per heavy atom. The van der Waals surface area contributed by atoms with Gasteiger partial charge in [0.15, 0.2) is 6.61 Å². The van der Waals surface area contributed by atoms with Crippen LogP contribution in [0.4, 0.5) is 0 Å². The summed E-state index contributed by atoms with van der Waals surface area (Å²) in [5, 5.41) is 7.59. The molecule has 0 spiro atoms. The molecule has 2 aromatic heterocycles. The number of hydrogen-bond donors (Lipinski definition) is 1. The second-order valence-corrected chi connectivity index (χ2v) is 6.84. The van der Waals surface area contributed by atoms with Crippen LogP contribution in [0.5, 0.6) is 5.88 Å². The molecule has 1 amide bonds. The summed E-state index contributed by atoms with van der Waals surface area (Å²) in [6.07, 6.45) is 2.48. The first-order valence-electron chi connectivity index (χ1n) is 9.52. The minimum Gasteiger partial charge on any atom is -0.467 e. The van der Waals surface area contributed by atoms with Crippen molar-refractivity contribution in [2.24, 2.45) is 0 Å². The third kappa shape index (κ3) is 4.12. The lowest BCUT2D eigenvalue weighted by Gasteiger charge is -2.14. The molecule has 1 fully saturated rings. The molecular weight excluding hydrogens is 358 g/mol. The number of aryl methyl sites for hydroxylation is 1. The maximum atomic E-state index is 12.2. The van der Waals surface area contributed by atoms with Crippen LogP contribution in [0.1, 0.15) is 18.7 Å².